The van der Waals surface area contributed by atoms with Gasteiger partial charge < -0.3 is 14.8 Å². The van der Waals surface area contributed by atoms with Crippen LogP contribution in [-0.4, -0.2) is 66.0 Å². The Hall–Kier alpha value is -3.50. The van der Waals surface area contributed by atoms with Crippen LogP contribution in [0.5, 0.6) is 0 Å². The number of piperazine rings is 1. The number of rotatable bonds is 7. The molecule has 8 nitrogen and oxygen atoms in total. The summed E-state index contributed by atoms with van der Waals surface area (Å²) in [5, 5.41) is 3.07. The van der Waals surface area contributed by atoms with Gasteiger partial charge in [0.05, 0.1) is 11.7 Å². The molecular formula is C30H38F2N8. The minimum atomic E-state index is -0.639. The second-order valence-electron chi connectivity index (χ2n) is 11.1. The Kier molecular flexibility index (Phi) is 7.83. The van der Waals surface area contributed by atoms with Crippen LogP contribution in [0.1, 0.15) is 65.0 Å². The monoisotopic (exact) mass is 548 g/mol. The third-order valence-corrected chi connectivity index (χ3v) is 7.92. The maximum atomic E-state index is 15.0. The number of aromatic nitrogens is 5. The Morgan fingerprint density at radius 3 is 2.33 bits per heavy atom. The van der Waals surface area contributed by atoms with Crippen LogP contribution in [0.2, 0.25) is 0 Å². The highest BCUT2D eigenvalue weighted by Crippen LogP contribution is 2.31. The number of hydrogen-bond acceptors (Lipinski definition) is 7. The Bertz CT molecular complexity index is 1490. The van der Waals surface area contributed by atoms with Crippen molar-refractivity contribution in [2.45, 2.75) is 72.6 Å². The minimum Gasteiger partial charge on any atom is -0.326 e. The van der Waals surface area contributed by atoms with Crippen molar-refractivity contribution >= 4 is 22.8 Å². The Labute approximate surface area is 234 Å². The van der Waals surface area contributed by atoms with E-state index in [1.165, 1.54) is 6.07 Å². The number of pyridine rings is 1. The van der Waals surface area contributed by atoms with Crippen LogP contribution in [0, 0.1) is 18.6 Å². The molecule has 212 valence electrons. The summed E-state index contributed by atoms with van der Waals surface area (Å²) in [6.45, 7) is 18.0. The van der Waals surface area contributed by atoms with Crippen LogP contribution >= 0.6 is 0 Å². The lowest BCUT2D eigenvalue weighted by Crippen LogP contribution is -2.57. The molecule has 3 aromatic heterocycles. The summed E-state index contributed by atoms with van der Waals surface area (Å²) in [4.78, 5) is 22.5. The molecule has 4 heterocycles. The smallest absolute Gasteiger partial charge is 0.229 e. The van der Waals surface area contributed by atoms with E-state index in [9.17, 15) is 4.39 Å². The molecule has 0 bridgehead atoms. The van der Waals surface area contributed by atoms with Gasteiger partial charge in [-0.05, 0) is 71.8 Å². The van der Waals surface area contributed by atoms with E-state index in [1.54, 1.807) is 6.07 Å². The van der Waals surface area contributed by atoms with Gasteiger partial charge in [-0.15, -0.1) is 0 Å². The number of fused-ring (bicyclic) bond motifs is 1. The molecule has 1 N–H and O–H groups in total. The zero-order chi connectivity index (χ0) is 28.7. The molecule has 1 aliphatic rings. The fourth-order valence-electron chi connectivity index (χ4n) is 6.17. The molecule has 1 saturated heterocycles. The van der Waals surface area contributed by atoms with Crippen LogP contribution in [0.25, 0.3) is 22.3 Å². The van der Waals surface area contributed by atoms with Gasteiger partial charge in [-0.25, -0.2) is 28.7 Å². The molecule has 1 aliphatic heterocycles. The average molecular weight is 549 g/mol. The Morgan fingerprint density at radius 2 is 1.70 bits per heavy atom. The molecule has 0 aliphatic carbocycles. The van der Waals surface area contributed by atoms with Crippen LogP contribution < -0.4 is 5.32 Å². The number of nitrogens with zero attached hydrogens (tertiary/aromatic N) is 7. The fourth-order valence-corrected chi connectivity index (χ4v) is 6.17. The summed E-state index contributed by atoms with van der Waals surface area (Å²) in [5.74, 6) is 0.258. The number of benzene rings is 1. The number of aryl methyl sites for hydroxylation is 1. The number of likely N-dealkylation sites (N-methyl/N-ethyl adjacent to an activating group) is 1. The van der Waals surface area contributed by atoms with Crippen LogP contribution in [0.15, 0.2) is 36.7 Å². The SMILES string of the molecule is CCN1CC(C)N(C(C)c2ccc(Nc3ncc(F)c(-c4cc(F)c5nc(C)n(C(C)C)c5c4)n3)nc2)C(C)C1. The third kappa shape index (κ3) is 5.30. The van der Waals surface area contributed by atoms with Gasteiger partial charge in [-0.3, -0.25) is 4.90 Å². The van der Waals surface area contributed by atoms with E-state index in [-0.39, 0.29) is 29.2 Å². The largest absolute Gasteiger partial charge is 0.326 e. The summed E-state index contributed by atoms with van der Waals surface area (Å²) in [6, 6.07) is 8.09. The summed E-state index contributed by atoms with van der Waals surface area (Å²) in [6.07, 6.45) is 2.95. The summed E-state index contributed by atoms with van der Waals surface area (Å²) >= 11 is 0. The van der Waals surface area contributed by atoms with Crippen LogP contribution in [0.3, 0.4) is 0 Å². The van der Waals surface area contributed by atoms with Crippen LogP contribution in [0.4, 0.5) is 20.5 Å². The first-order chi connectivity index (χ1) is 19.1. The van der Waals surface area contributed by atoms with E-state index >= 15 is 4.39 Å². The van der Waals surface area contributed by atoms with Crippen molar-refractivity contribution in [3.63, 3.8) is 0 Å². The molecule has 3 unspecified atom stereocenters. The van der Waals surface area contributed by atoms with Gasteiger partial charge in [0.15, 0.2) is 11.6 Å². The number of anilines is 2. The molecule has 40 heavy (non-hydrogen) atoms. The van der Waals surface area contributed by atoms with Crippen molar-refractivity contribution in [1.29, 1.82) is 0 Å². The molecule has 0 saturated carbocycles. The first-order valence-electron chi connectivity index (χ1n) is 14.0. The van der Waals surface area contributed by atoms with Crippen molar-refractivity contribution < 1.29 is 8.78 Å². The molecule has 10 heteroatoms. The molecular weight excluding hydrogens is 510 g/mol. The summed E-state index contributed by atoms with van der Waals surface area (Å²) in [7, 11) is 0. The van der Waals surface area contributed by atoms with E-state index in [4.69, 9.17) is 0 Å². The second kappa shape index (κ2) is 11.2. The van der Waals surface area contributed by atoms with Crippen LogP contribution in [-0.2, 0) is 0 Å². The number of imidazole rings is 1. The molecule has 0 spiro atoms. The van der Waals surface area contributed by atoms with Crippen molar-refractivity contribution in [3.05, 3.63) is 59.7 Å². The van der Waals surface area contributed by atoms with E-state index in [1.807, 2.05) is 37.6 Å². The topological polar surface area (TPSA) is 75.0 Å². The van der Waals surface area contributed by atoms with E-state index in [0.29, 0.717) is 34.8 Å². The number of halogens is 2. The predicted octanol–water partition coefficient (Wildman–Crippen LogP) is 6.27. The molecule has 0 radical (unpaired) electrons. The zero-order valence-corrected chi connectivity index (χ0v) is 24.3. The lowest BCUT2D eigenvalue weighted by atomic mass is 10.0. The van der Waals surface area contributed by atoms with E-state index in [2.05, 4.69) is 68.8 Å². The molecule has 5 rings (SSSR count). The van der Waals surface area contributed by atoms with Gasteiger partial charge in [0.2, 0.25) is 5.95 Å². The maximum absolute atomic E-state index is 15.0. The van der Waals surface area contributed by atoms with E-state index < -0.39 is 11.6 Å². The molecule has 1 aromatic carbocycles. The standard InChI is InChI=1S/C30H38F2N8/c1-8-38-15-18(4)40(19(5)16-38)20(6)22-9-10-27(33-13-22)36-30-34-14-25(32)28(37-30)23-11-24(31)29-26(12-23)39(17(2)3)21(7)35-29/h9-14,17-20H,8,15-16H2,1-7H3,(H,33,34,36,37). The van der Waals surface area contributed by atoms with Gasteiger partial charge in [0.1, 0.15) is 22.9 Å². The fraction of sp³-hybridized carbons (Fsp3) is 0.467. The first kappa shape index (κ1) is 28.0. The highest BCUT2D eigenvalue weighted by molar-refractivity contribution is 5.83. The van der Waals surface area contributed by atoms with Gasteiger partial charge in [-0.1, -0.05) is 13.0 Å². The normalized spacial score (nSPS) is 19.4. The van der Waals surface area contributed by atoms with Gasteiger partial charge in [0, 0.05) is 49.0 Å². The number of nitrogens with one attached hydrogen (secondary N) is 1. The zero-order valence-electron chi connectivity index (χ0n) is 24.3. The van der Waals surface area contributed by atoms with Crippen molar-refractivity contribution in [3.8, 4) is 11.3 Å². The molecule has 1 fully saturated rings. The van der Waals surface area contributed by atoms with Gasteiger partial charge >= 0.3 is 0 Å². The highest BCUT2D eigenvalue weighted by atomic mass is 19.1. The Balaban J connectivity index is 1.38. The average Bonchev–Trinajstić information content (AvgIpc) is 3.26. The van der Waals surface area contributed by atoms with E-state index in [0.717, 1.165) is 31.4 Å². The highest BCUT2D eigenvalue weighted by Gasteiger charge is 2.32. The second-order valence-corrected chi connectivity index (χ2v) is 11.1. The molecule has 4 aromatic rings. The maximum Gasteiger partial charge on any atom is 0.229 e. The summed E-state index contributed by atoms with van der Waals surface area (Å²) in [5.41, 5.74) is 2.30. The predicted molar refractivity (Wildman–Crippen MR) is 155 cm³/mol. The third-order valence-electron chi connectivity index (χ3n) is 7.92. The van der Waals surface area contributed by atoms with Crippen molar-refractivity contribution in [1.82, 2.24) is 34.3 Å². The van der Waals surface area contributed by atoms with Gasteiger partial charge in [0.25, 0.3) is 0 Å². The first-order valence-corrected chi connectivity index (χ1v) is 14.0. The lowest BCUT2D eigenvalue weighted by Gasteiger charge is -2.47. The van der Waals surface area contributed by atoms with Crippen molar-refractivity contribution in [2.24, 2.45) is 0 Å². The lowest BCUT2D eigenvalue weighted by molar-refractivity contribution is 0.0128. The molecule has 3 atom stereocenters. The minimum absolute atomic E-state index is 0.00639. The molecule has 0 amide bonds. The summed E-state index contributed by atoms with van der Waals surface area (Å²) < 4.78 is 31.8. The number of hydrogen-bond donors (Lipinski definition) is 1. The van der Waals surface area contributed by atoms with Crippen molar-refractivity contribution in [2.75, 3.05) is 25.0 Å². The Morgan fingerprint density at radius 1 is 0.975 bits per heavy atom. The van der Waals surface area contributed by atoms with Gasteiger partial charge in [-0.2, -0.15) is 0 Å². The quantitative estimate of drug-likeness (QED) is 0.292.